The van der Waals surface area contributed by atoms with Gasteiger partial charge in [0.1, 0.15) is 10.6 Å². The van der Waals surface area contributed by atoms with Crippen LogP contribution in [-0.4, -0.2) is 24.5 Å². The van der Waals surface area contributed by atoms with Crippen LogP contribution in [0.3, 0.4) is 0 Å². The predicted molar refractivity (Wildman–Crippen MR) is 149 cm³/mol. The van der Waals surface area contributed by atoms with Gasteiger partial charge in [-0.15, -0.1) is 0 Å². The molecule has 0 unspecified atom stereocenters. The smallest absolute Gasteiger partial charge is 0.339 e. The molecule has 4 aromatic rings. The third-order valence-corrected chi connectivity index (χ3v) is 8.50. The summed E-state index contributed by atoms with van der Waals surface area (Å²) in [6, 6.07) is 24.7. The summed E-state index contributed by atoms with van der Waals surface area (Å²) in [6.07, 6.45) is 1.48. The Morgan fingerprint density at radius 1 is 0.946 bits per heavy atom. The molecule has 9 heteroatoms. The molecule has 2 amide bonds. The van der Waals surface area contributed by atoms with Gasteiger partial charge in [0.05, 0.1) is 11.4 Å². The van der Waals surface area contributed by atoms with Gasteiger partial charge in [-0.1, -0.05) is 76.1 Å². The van der Waals surface area contributed by atoms with Crippen molar-refractivity contribution in [1.82, 2.24) is 4.90 Å². The average Bonchev–Trinajstić information content (AvgIpc) is 3.13. The normalized spacial score (nSPS) is 15.1. The van der Waals surface area contributed by atoms with Crippen LogP contribution in [-0.2, 0) is 21.5 Å². The van der Waals surface area contributed by atoms with E-state index in [1.165, 1.54) is 29.2 Å². The maximum atomic E-state index is 13.2. The lowest BCUT2D eigenvalue weighted by Gasteiger charge is -2.14. The van der Waals surface area contributed by atoms with E-state index in [1.807, 2.05) is 49.4 Å². The highest BCUT2D eigenvalue weighted by molar-refractivity contribution is 9.10. The van der Waals surface area contributed by atoms with Crippen LogP contribution in [0.15, 0.2) is 99.2 Å². The first-order valence-electron chi connectivity index (χ1n) is 11.2. The Balaban J connectivity index is 1.44. The number of hydrogen-bond acceptors (Lipinski definition) is 6. The van der Waals surface area contributed by atoms with E-state index in [2.05, 4.69) is 15.9 Å². The number of rotatable bonds is 6. The summed E-state index contributed by atoms with van der Waals surface area (Å²) in [5.41, 5.74) is 2.13. The van der Waals surface area contributed by atoms with Crippen LogP contribution in [0, 0.1) is 6.92 Å². The number of aryl methyl sites for hydroxylation is 1. The van der Waals surface area contributed by atoms with Gasteiger partial charge < -0.3 is 4.18 Å². The van der Waals surface area contributed by atoms with E-state index in [-0.39, 0.29) is 22.1 Å². The maximum absolute atomic E-state index is 13.2. The molecule has 5 rings (SSSR count). The fraction of sp³-hybridized carbons (Fsp3) is 0.0714. The third-order valence-electron chi connectivity index (χ3n) is 5.85. The fourth-order valence-corrected chi connectivity index (χ4v) is 6.12. The molecule has 0 spiro atoms. The number of hydrogen-bond donors (Lipinski definition) is 0. The topological polar surface area (TPSA) is 80.8 Å². The van der Waals surface area contributed by atoms with Gasteiger partial charge in [-0.25, -0.2) is 0 Å². The third kappa shape index (κ3) is 5.34. The van der Waals surface area contributed by atoms with E-state index in [9.17, 15) is 18.0 Å². The van der Waals surface area contributed by atoms with Gasteiger partial charge in [0.2, 0.25) is 0 Å². The lowest BCUT2D eigenvalue weighted by Crippen LogP contribution is -2.27. The molecule has 0 bridgehead atoms. The quantitative estimate of drug-likeness (QED) is 0.178. The molecule has 0 N–H and O–H groups in total. The highest BCUT2D eigenvalue weighted by Gasteiger charge is 2.35. The number of nitrogens with zero attached hydrogens (tertiary/aromatic N) is 1. The van der Waals surface area contributed by atoms with Gasteiger partial charge in [-0.2, -0.15) is 8.42 Å². The molecule has 37 heavy (non-hydrogen) atoms. The Kier molecular flexibility index (Phi) is 6.94. The van der Waals surface area contributed by atoms with E-state index in [0.717, 1.165) is 33.7 Å². The van der Waals surface area contributed by atoms with Gasteiger partial charge in [0.25, 0.3) is 11.1 Å². The van der Waals surface area contributed by atoms with Crippen molar-refractivity contribution in [2.75, 3.05) is 0 Å². The first kappa shape index (κ1) is 25.3. The summed E-state index contributed by atoms with van der Waals surface area (Å²) in [6.45, 7) is 1.99. The number of benzene rings is 4. The van der Waals surface area contributed by atoms with E-state index in [1.54, 1.807) is 24.3 Å². The molecule has 0 radical (unpaired) electrons. The van der Waals surface area contributed by atoms with Crippen LogP contribution >= 0.6 is 27.7 Å². The van der Waals surface area contributed by atoms with E-state index in [0.29, 0.717) is 10.0 Å². The fourth-order valence-electron chi connectivity index (χ4n) is 3.96. The van der Waals surface area contributed by atoms with Crippen molar-refractivity contribution in [2.24, 2.45) is 0 Å². The van der Waals surface area contributed by atoms with Crippen molar-refractivity contribution in [2.45, 2.75) is 18.4 Å². The Hall–Kier alpha value is -3.40. The molecule has 0 atom stereocenters. The number of thioether (sulfide) groups is 1. The molecular weight excluding hydrogens is 574 g/mol. The minimum atomic E-state index is -4.11. The van der Waals surface area contributed by atoms with Crippen molar-refractivity contribution in [3.05, 3.63) is 111 Å². The highest BCUT2D eigenvalue weighted by Crippen LogP contribution is 2.37. The maximum Gasteiger partial charge on any atom is 0.339 e. The number of carbonyl (C=O) groups excluding carboxylic acids is 2. The van der Waals surface area contributed by atoms with Crippen molar-refractivity contribution >= 4 is 65.8 Å². The number of carbonyl (C=O) groups is 2. The monoisotopic (exact) mass is 593 g/mol. The van der Waals surface area contributed by atoms with Gasteiger partial charge >= 0.3 is 10.1 Å². The largest absolute Gasteiger partial charge is 0.378 e. The van der Waals surface area contributed by atoms with Crippen LogP contribution in [0.2, 0.25) is 0 Å². The Bertz CT molecular complexity index is 1680. The molecule has 1 aliphatic rings. The van der Waals surface area contributed by atoms with Gasteiger partial charge in [0, 0.05) is 10.0 Å². The molecule has 1 saturated heterocycles. The minimum Gasteiger partial charge on any atom is -0.378 e. The predicted octanol–water partition coefficient (Wildman–Crippen LogP) is 6.91. The lowest BCUT2D eigenvalue weighted by molar-refractivity contribution is -0.123. The molecule has 4 aromatic carbocycles. The van der Waals surface area contributed by atoms with Crippen LogP contribution in [0.25, 0.3) is 16.8 Å². The second-order valence-electron chi connectivity index (χ2n) is 8.44. The van der Waals surface area contributed by atoms with Gasteiger partial charge in [0.15, 0.2) is 0 Å². The summed E-state index contributed by atoms with van der Waals surface area (Å²) < 4.78 is 31.9. The SMILES string of the molecule is Cc1ccc(S(=O)(=O)Oc2ccc(Br)cc2/C=C2\SC(=O)N(Cc3cccc4ccccc34)C2=O)cc1. The second kappa shape index (κ2) is 10.2. The molecule has 0 aliphatic carbocycles. The van der Waals surface area contributed by atoms with Gasteiger partial charge in [-0.05, 0) is 71.4 Å². The first-order chi connectivity index (χ1) is 17.7. The summed E-state index contributed by atoms with van der Waals surface area (Å²) >= 11 is 4.19. The zero-order chi connectivity index (χ0) is 26.2. The van der Waals surface area contributed by atoms with Gasteiger partial charge in [-0.3, -0.25) is 14.5 Å². The lowest BCUT2D eigenvalue weighted by atomic mass is 10.0. The van der Waals surface area contributed by atoms with E-state index >= 15 is 0 Å². The standard InChI is InChI=1S/C28H20BrNO5S2/c1-18-9-12-23(13-10-18)37(33,34)35-25-14-11-22(29)15-21(25)16-26-27(31)30(28(32)36-26)17-20-7-4-6-19-5-2-3-8-24(19)20/h2-16H,17H2,1H3/b26-16-. The molecule has 0 saturated carbocycles. The Morgan fingerprint density at radius 3 is 2.46 bits per heavy atom. The zero-order valence-corrected chi connectivity index (χ0v) is 22.8. The molecular formula is C28H20BrNO5S2. The van der Waals surface area contributed by atoms with Crippen molar-refractivity contribution < 1.29 is 22.2 Å². The molecule has 1 fully saturated rings. The van der Waals surface area contributed by atoms with Crippen molar-refractivity contribution in [3.8, 4) is 5.75 Å². The number of amides is 2. The first-order valence-corrected chi connectivity index (χ1v) is 14.3. The summed E-state index contributed by atoms with van der Waals surface area (Å²) in [5.74, 6) is -0.403. The Labute approximate surface area is 227 Å². The molecule has 1 heterocycles. The number of fused-ring (bicyclic) bond motifs is 1. The van der Waals surface area contributed by atoms with Crippen LogP contribution in [0.5, 0.6) is 5.75 Å². The van der Waals surface area contributed by atoms with Crippen LogP contribution in [0.1, 0.15) is 16.7 Å². The van der Waals surface area contributed by atoms with Crippen molar-refractivity contribution in [3.63, 3.8) is 0 Å². The zero-order valence-electron chi connectivity index (χ0n) is 19.6. The van der Waals surface area contributed by atoms with Crippen LogP contribution in [0.4, 0.5) is 4.79 Å². The van der Waals surface area contributed by atoms with Crippen molar-refractivity contribution in [1.29, 1.82) is 0 Å². The summed E-state index contributed by atoms with van der Waals surface area (Å²) in [5, 5.41) is 1.60. The summed E-state index contributed by atoms with van der Waals surface area (Å²) in [7, 11) is -4.11. The Morgan fingerprint density at radius 2 is 1.68 bits per heavy atom. The number of halogens is 1. The molecule has 6 nitrogen and oxygen atoms in total. The second-order valence-corrected chi connectivity index (χ2v) is 11.9. The molecule has 186 valence electrons. The average molecular weight is 595 g/mol. The van der Waals surface area contributed by atoms with E-state index in [4.69, 9.17) is 4.18 Å². The number of imide groups is 1. The molecule has 0 aromatic heterocycles. The van der Waals surface area contributed by atoms with E-state index < -0.39 is 21.3 Å². The molecule has 1 aliphatic heterocycles. The summed E-state index contributed by atoms with van der Waals surface area (Å²) in [4.78, 5) is 27.4. The highest BCUT2D eigenvalue weighted by atomic mass is 79.9. The minimum absolute atomic E-state index is 0.0161. The van der Waals surface area contributed by atoms with Crippen LogP contribution < -0.4 is 4.18 Å².